The van der Waals surface area contributed by atoms with Crippen molar-refractivity contribution in [1.82, 2.24) is 4.72 Å². The van der Waals surface area contributed by atoms with Gasteiger partial charge in [0.05, 0.1) is 22.1 Å². The minimum absolute atomic E-state index is 0.0318. The van der Waals surface area contributed by atoms with Crippen LogP contribution in [0, 0.1) is 29.5 Å². The molecule has 42 heavy (non-hydrogen) atoms. The fraction of sp³-hybridized carbons (Fsp3) is 0.531. The number of carbonyl (C=O) groups is 1. The molecular weight excluding hydrogens is 595 g/mol. The van der Waals surface area contributed by atoms with Crippen molar-refractivity contribution in [2.75, 3.05) is 30.1 Å². The third-order valence-corrected chi connectivity index (χ3v) is 12.7. The zero-order chi connectivity index (χ0) is 29.6. The molecule has 0 radical (unpaired) electrons. The number of rotatable bonds is 1. The first-order chi connectivity index (χ1) is 20.1. The van der Waals surface area contributed by atoms with E-state index in [1.165, 1.54) is 0 Å². The molecule has 6 nitrogen and oxygen atoms in total. The number of sulfonamides is 1. The van der Waals surface area contributed by atoms with Gasteiger partial charge in [0.2, 0.25) is 10.0 Å². The number of benzene rings is 2. The van der Waals surface area contributed by atoms with Gasteiger partial charge in [-0.1, -0.05) is 36.7 Å². The maximum Gasteiger partial charge on any atom is 0.264 e. The molecule has 2 aliphatic heterocycles. The van der Waals surface area contributed by atoms with E-state index >= 15 is 4.39 Å². The van der Waals surface area contributed by atoms with Gasteiger partial charge < -0.3 is 9.64 Å². The summed E-state index contributed by atoms with van der Waals surface area (Å²) < 4.78 is 50.2. The second-order valence-electron chi connectivity index (χ2n) is 12.4. The normalized spacial score (nSPS) is 31.0. The average molecular weight is 633 g/mol. The Balaban J connectivity index is 1.48. The maximum absolute atomic E-state index is 15.4. The molecule has 1 unspecified atom stereocenters. The Hall–Kier alpha value is -2.07. The van der Waals surface area contributed by atoms with E-state index in [1.54, 1.807) is 31.0 Å². The van der Waals surface area contributed by atoms with Crippen LogP contribution in [0.5, 0.6) is 0 Å². The van der Waals surface area contributed by atoms with Crippen LogP contribution in [0.2, 0.25) is 5.02 Å². The highest BCUT2D eigenvalue weighted by molar-refractivity contribution is 7.99. The Morgan fingerprint density at radius 3 is 2.79 bits per heavy atom. The second-order valence-corrected chi connectivity index (χ2v) is 15.7. The Kier molecular flexibility index (Phi) is 8.41. The zero-order valence-corrected chi connectivity index (χ0v) is 26.5. The summed E-state index contributed by atoms with van der Waals surface area (Å²) in [7, 11) is -2.11. The van der Waals surface area contributed by atoms with Gasteiger partial charge in [-0.15, -0.1) is 11.8 Å². The number of anilines is 1. The topological polar surface area (TPSA) is 75.7 Å². The van der Waals surface area contributed by atoms with Gasteiger partial charge in [0.25, 0.3) is 5.91 Å². The maximum atomic E-state index is 15.4. The highest BCUT2D eigenvalue weighted by atomic mass is 35.5. The molecule has 2 aliphatic carbocycles. The standard InChI is InChI=1S/C32H38ClFN2O4S2/c1-20-19-42(38,39)35-31(37)21-8-11-29-28(15-21)36(18-24-6-9-26(24)32(40-2)13-12-22(20)16-32)17-23-7-10-27(33)30(34)25(23)5-3-4-14-41-29/h7-8,10-13,15,20,22,24,26H,3-6,9,14,16-19H2,1-2H3,(H,35,37)/t20-,22-,24+,26-,32?/m1/s1. The van der Waals surface area contributed by atoms with Crippen LogP contribution in [-0.4, -0.2) is 45.1 Å². The summed E-state index contributed by atoms with van der Waals surface area (Å²) in [6.45, 7) is 3.10. The van der Waals surface area contributed by atoms with Gasteiger partial charge >= 0.3 is 0 Å². The number of ether oxygens (including phenoxy) is 1. The van der Waals surface area contributed by atoms with E-state index in [0.717, 1.165) is 54.0 Å². The molecule has 226 valence electrons. The molecule has 2 aromatic rings. The number of hydrogen-bond acceptors (Lipinski definition) is 6. The SMILES string of the molecule is COC12C=C[C@H](C1)[C@H](C)CS(=O)(=O)NC(=O)c1ccc3c(c1)N(Cc1ccc(Cl)c(F)c1CCCCS3)C[C@@H]1CC[C@H]12. The molecule has 4 bridgehead atoms. The highest BCUT2D eigenvalue weighted by Crippen LogP contribution is 2.51. The second kappa shape index (κ2) is 11.8. The molecule has 1 saturated carbocycles. The first kappa shape index (κ1) is 30.0. The van der Waals surface area contributed by atoms with Crippen LogP contribution in [0.25, 0.3) is 0 Å². The van der Waals surface area contributed by atoms with E-state index in [0.29, 0.717) is 36.6 Å². The van der Waals surface area contributed by atoms with Crippen molar-refractivity contribution < 1.29 is 22.3 Å². The number of carbonyl (C=O) groups excluding carboxylic acids is 1. The van der Waals surface area contributed by atoms with Crippen LogP contribution >= 0.6 is 23.4 Å². The van der Waals surface area contributed by atoms with Gasteiger partial charge in [-0.05, 0) is 103 Å². The van der Waals surface area contributed by atoms with E-state index in [1.807, 2.05) is 25.1 Å². The Labute approximate surface area is 257 Å². The van der Waals surface area contributed by atoms with Gasteiger partial charge in [0.1, 0.15) is 5.82 Å². The monoisotopic (exact) mass is 632 g/mol. The number of amides is 1. The first-order valence-electron chi connectivity index (χ1n) is 14.9. The quantitative estimate of drug-likeness (QED) is 0.357. The van der Waals surface area contributed by atoms with Gasteiger partial charge in [-0.25, -0.2) is 17.5 Å². The van der Waals surface area contributed by atoms with E-state index in [2.05, 4.69) is 21.8 Å². The number of halogens is 2. The van der Waals surface area contributed by atoms with E-state index < -0.39 is 21.5 Å². The molecule has 0 saturated heterocycles. The molecule has 1 amide bonds. The summed E-state index contributed by atoms with van der Waals surface area (Å²) >= 11 is 7.96. The molecule has 0 spiro atoms. The van der Waals surface area contributed by atoms with Crippen LogP contribution < -0.4 is 9.62 Å². The molecule has 6 rings (SSSR count). The molecule has 1 N–H and O–H groups in total. The fourth-order valence-corrected chi connectivity index (χ4v) is 9.97. The van der Waals surface area contributed by atoms with Crippen LogP contribution in [0.3, 0.4) is 0 Å². The number of nitrogens with zero attached hydrogens (tertiary/aromatic N) is 1. The van der Waals surface area contributed by atoms with Crippen molar-refractivity contribution in [3.63, 3.8) is 0 Å². The summed E-state index contributed by atoms with van der Waals surface area (Å²) in [6.07, 6.45) is 9.42. The summed E-state index contributed by atoms with van der Waals surface area (Å²) in [4.78, 5) is 16.6. The number of hydrogen-bond donors (Lipinski definition) is 1. The molecule has 2 aromatic carbocycles. The summed E-state index contributed by atoms with van der Waals surface area (Å²) in [5, 5.41) is 0.133. The Morgan fingerprint density at radius 2 is 2.02 bits per heavy atom. The predicted molar refractivity (Wildman–Crippen MR) is 166 cm³/mol. The lowest BCUT2D eigenvalue weighted by Gasteiger charge is -2.49. The fourth-order valence-electron chi connectivity index (χ4n) is 7.30. The largest absolute Gasteiger partial charge is 0.374 e. The third-order valence-electron chi connectivity index (χ3n) is 9.82. The highest BCUT2D eigenvalue weighted by Gasteiger charge is 2.50. The van der Waals surface area contributed by atoms with E-state index in [4.69, 9.17) is 16.3 Å². The molecular formula is C32H38ClFN2O4S2. The Bertz CT molecular complexity index is 1520. The number of nitrogens with one attached hydrogen (secondary N) is 1. The van der Waals surface area contributed by atoms with Crippen molar-refractivity contribution in [2.45, 2.75) is 62.5 Å². The summed E-state index contributed by atoms with van der Waals surface area (Å²) in [6, 6.07) is 9.00. The van der Waals surface area contributed by atoms with Crippen LogP contribution in [-0.2, 0) is 27.7 Å². The van der Waals surface area contributed by atoms with Crippen molar-refractivity contribution in [2.24, 2.45) is 23.7 Å². The lowest BCUT2D eigenvalue weighted by Crippen LogP contribution is -2.50. The first-order valence-corrected chi connectivity index (χ1v) is 17.9. The lowest BCUT2D eigenvalue weighted by atomic mass is 9.63. The smallest absolute Gasteiger partial charge is 0.264 e. The number of thioether (sulfide) groups is 1. The third kappa shape index (κ3) is 5.74. The van der Waals surface area contributed by atoms with E-state index in [9.17, 15) is 13.2 Å². The van der Waals surface area contributed by atoms with Crippen molar-refractivity contribution in [3.8, 4) is 0 Å². The molecule has 0 aromatic heterocycles. The summed E-state index contributed by atoms with van der Waals surface area (Å²) in [5.74, 6) is 0.169. The van der Waals surface area contributed by atoms with Crippen LogP contribution in [0.15, 0.2) is 47.4 Å². The van der Waals surface area contributed by atoms with Crippen LogP contribution in [0.4, 0.5) is 10.1 Å². The molecule has 5 atom stereocenters. The van der Waals surface area contributed by atoms with Crippen LogP contribution in [0.1, 0.15) is 60.5 Å². The van der Waals surface area contributed by atoms with Gasteiger partial charge in [-0.3, -0.25) is 4.79 Å². The van der Waals surface area contributed by atoms with Crippen molar-refractivity contribution >= 4 is 45.0 Å². The molecule has 10 heteroatoms. The minimum Gasteiger partial charge on any atom is -0.374 e. The zero-order valence-electron chi connectivity index (χ0n) is 24.1. The molecule has 4 aliphatic rings. The molecule has 1 fully saturated rings. The van der Waals surface area contributed by atoms with Gasteiger partial charge in [0, 0.05) is 30.7 Å². The number of fused-ring (bicyclic) bond motifs is 6. The molecule has 2 heterocycles. The lowest BCUT2D eigenvalue weighted by molar-refractivity contribution is -0.0805. The van der Waals surface area contributed by atoms with Gasteiger partial charge in [0.15, 0.2) is 0 Å². The summed E-state index contributed by atoms with van der Waals surface area (Å²) in [5.41, 5.74) is 2.25. The predicted octanol–water partition coefficient (Wildman–Crippen LogP) is 6.61. The van der Waals surface area contributed by atoms with Crippen molar-refractivity contribution in [1.29, 1.82) is 0 Å². The Morgan fingerprint density at radius 1 is 1.19 bits per heavy atom. The average Bonchev–Trinajstić information content (AvgIpc) is 3.36. The minimum atomic E-state index is -3.87. The number of methoxy groups -OCH3 is 1. The number of allylic oxidation sites excluding steroid dienone is 1. The van der Waals surface area contributed by atoms with Crippen molar-refractivity contribution in [3.05, 3.63) is 70.0 Å². The van der Waals surface area contributed by atoms with Gasteiger partial charge in [-0.2, -0.15) is 0 Å². The van der Waals surface area contributed by atoms with E-state index in [-0.39, 0.29) is 34.3 Å².